The number of fused-ring (bicyclic) bond motifs is 2. The van der Waals surface area contributed by atoms with E-state index in [-0.39, 0.29) is 11.5 Å². The van der Waals surface area contributed by atoms with E-state index in [0.29, 0.717) is 50.8 Å². The first-order valence-corrected chi connectivity index (χ1v) is 13.6. The van der Waals surface area contributed by atoms with Gasteiger partial charge in [0.15, 0.2) is 0 Å². The second-order valence-corrected chi connectivity index (χ2v) is 10.3. The number of carbonyl (C=O) groups is 2. The first-order valence-electron chi connectivity index (χ1n) is 13.6. The minimum atomic E-state index is -1.55. The van der Waals surface area contributed by atoms with E-state index in [1.54, 1.807) is 68.8 Å². The lowest BCUT2D eigenvalue weighted by Crippen LogP contribution is -2.37. The van der Waals surface area contributed by atoms with Gasteiger partial charge in [0.2, 0.25) is 0 Å². The predicted molar refractivity (Wildman–Crippen MR) is 156 cm³/mol. The van der Waals surface area contributed by atoms with Gasteiger partial charge in [0.1, 0.15) is 39.9 Å². The molecule has 0 bridgehead atoms. The lowest BCUT2D eigenvalue weighted by molar-refractivity contribution is -0.135. The minimum absolute atomic E-state index is 0.141. The molecule has 1 aliphatic heterocycles. The summed E-state index contributed by atoms with van der Waals surface area (Å²) in [6.45, 7) is 1.28. The number of methoxy groups -OCH3 is 4. The third kappa shape index (κ3) is 4.27. The van der Waals surface area contributed by atoms with Crippen molar-refractivity contribution in [3.05, 3.63) is 106 Å². The number of hydrogen-bond donors (Lipinski definition) is 1. The molecule has 43 heavy (non-hydrogen) atoms. The molecule has 9 nitrogen and oxygen atoms in total. The molecule has 2 aliphatic rings. The normalized spacial score (nSPS) is 19.8. The van der Waals surface area contributed by atoms with Gasteiger partial charge >= 0.3 is 11.9 Å². The summed E-state index contributed by atoms with van der Waals surface area (Å²) in [7, 11) is 6.20. The Bertz CT molecular complexity index is 1730. The first-order chi connectivity index (χ1) is 20.8. The van der Waals surface area contributed by atoms with Crippen LogP contribution in [0.15, 0.2) is 72.8 Å². The average molecular weight is 583 g/mol. The highest BCUT2D eigenvalue weighted by Crippen LogP contribution is 2.61. The van der Waals surface area contributed by atoms with E-state index in [0.717, 1.165) is 5.56 Å². The molecular weight excluding hydrogens is 552 g/mol. The van der Waals surface area contributed by atoms with Gasteiger partial charge in [-0.05, 0) is 58.7 Å². The van der Waals surface area contributed by atoms with Gasteiger partial charge in [-0.25, -0.2) is 4.79 Å². The Hall–Kier alpha value is -5.02. The summed E-state index contributed by atoms with van der Waals surface area (Å²) in [5.41, 5.74) is 1.68. The van der Waals surface area contributed by atoms with Crippen molar-refractivity contribution in [1.82, 2.24) is 0 Å². The van der Waals surface area contributed by atoms with Crippen molar-refractivity contribution in [1.29, 1.82) is 0 Å². The summed E-state index contributed by atoms with van der Waals surface area (Å²) in [5, 5.41) is 12.4. The third-order valence-electron chi connectivity index (χ3n) is 8.17. The maximum absolute atomic E-state index is 14.5. The number of rotatable bonds is 7. The van der Waals surface area contributed by atoms with Crippen molar-refractivity contribution >= 4 is 11.9 Å². The van der Waals surface area contributed by atoms with Crippen LogP contribution in [0.5, 0.6) is 34.5 Å². The van der Waals surface area contributed by atoms with Crippen LogP contribution in [0.4, 0.5) is 0 Å². The second kappa shape index (κ2) is 10.7. The fraction of sp³-hybridized carbons (Fsp3) is 0.235. The van der Waals surface area contributed by atoms with Crippen molar-refractivity contribution in [2.75, 3.05) is 28.4 Å². The van der Waals surface area contributed by atoms with Gasteiger partial charge in [-0.3, -0.25) is 4.79 Å². The van der Waals surface area contributed by atoms with Crippen molar-refractivity contribution in [3.63, 3.8) is 0 Å². The zero-order chi connectivity index (χ0) is 30.5. The largest absolute Gasteiger partial charge is 0.497 e. The number of ether oxygens (including phenoxy) is 6. The Morgan fingerprint density at radius 2 is 1.42 bits per heavy atom. The maximum atomic E-state index is 14.5. The van der Waals surface area contributed by atoms with E-state index < -0.39 is 29.4 Å². The molecule has 4 aromatic rings. The van der Waals surface area contributed by atoms with Gasteiger partial charge in [-0.15, -0.1) is 0 Å². The fourth-order valence-electron chi connectivity index (χ4n) is 6.35. The van der Waals surface area contributed by atoms with Gasteiger partial charge in [0, 0.05) is 36.1 Å². The zero-order valence-electron chi connectivity index (χ0n) is 24.3. The van der Waals surface area contributed by atoms with Crippen LogP contribution in [0.2, 0.25) is 0 Å². The Balaban J connectivity index is 1.79. The first kappa shape index (κ1) is 28.1. The van der Waals surface area contributed by atoms with Gasteiger partial charge in [-0.2, -0.15) is 0 Å². The molecule has 6 rings (SSSR count). The van der Waals surface area contributed by atoms with Crippen molar-refractivity contribution in [3.8, 4) is 34.5 Å². The molecule has 0 fully saturated rings. The van der Waals surface area contributed by atoms with E-state index >= 15 is 0 Å². The fourth-order valence-corrected chi connectivity index (χ4v) is 6.35. The van der Waals surface area contributed by atoms with Crippen LogP contribution < -0.4 is 28.4 Å². The number of carbonyl (C=O) groups excluding carboxylic acids is 2. The average Bonchev–Trinajstić information content (AvgIpc) is 3.27. The quantitative estimate of drug-likeness (QED) is 0.236. The van der Waals surface area contributed by atoms with Crippen molar-refractivity contribution in [2.45, 2.75) is 24.4 Å². The summed E-state index contributed by atoms with van der Waals surface area (Å²) < 4.78 is 33.8. The summed E-state index contributed by atoms with van der Waals surface area (Å²) >= 11 is 0. The molecule has 220 valence electrons. The van der Waals surface area contributed by atoms with Gasteiger partial charge in [0.05, 0.1) is 34.5 Å². The molecule has 1 heterocycles. The monoisotopic (exact) mass is 582 g/mol. The molecule has 1 aliphatic carbocycles. The van der Waals surface area contributed by atoms with Crippen LogP contribution in [0, 0.1) is 0 Å². The van der Waals surface area contributed by atoms with Crippen molar-refractivity contribution in [2.24, 2.45) is 0 Å². The number of esters is 2. The van der Waals surface area contributed by atoms with Crippen LogP contribution in [0.25, 0.3) is 0 Å². The molecule has 0 spiro atoms. The van der Waals surface area contributed by atoms with Crippen LogP contribution in [-0.2, 0) is 15.0 Å². The van der Waals surface area contributed by atoms with Crippen LogP contribution in [0.1, 0.15) is 52.3 Å². The van der Waals surface area contributed by atoms with Gasteiger partial charge in [0.25, 0.3) is 0 Å². The zero-order valence-corrected chi connectivity index (χ0v) is 24.3. The smallest absolute Gasteiger partial charge is 0.331 e. The Morgan fingerprint density at radius 1 is 0.791 bits per heavy atom. The lowest BCUT2D eigenvalue weighted by atomic mass is 9.68. The van der Waals surface area contributed by atoms with Crippen LogP contribution >= 0.6 is 0 Å². The summed E-state index contributed by atoms with van der Waals surface area (Å²) in [6.07, 6.45) is -1.23. The molecule has 0 amide bonds. The van der Waals surface area contributed by atoms with Crippen molar-refractivity contribution < 1.29 is 43.1 Å². The lowest BCUT2D eigenvalue weighted by Gasteiger charge is -2.31. The number of aliphatic hydroxyl groups excluding tert-OH is 1. The van der Waals surface area contributed by atoms with Crippen LogP contribution in [0.3, 0.4) is 0 Å². The molecule has 0 unspecified atom stereocenters. The number of benzene rings is 4. The molecule has 3 atom stereocenters. The Kier molecular flexibility index (Phi) is 6.98. The summed E-state index contributed by atoms with van der Waals surface area (Å²) in [4.78, 5) is 26.4. The highest BCUT2D eigenvalue weighted by Gasteiger charge is 2.58. The Labute approximate surface area is 248 Å². The van der Waals surface area contributed by atoms with E-state index in [2.05, 4.69) is 0 Å². The topological polar surface area (TPSA) is 110 Å². The van der Waals surface area contributed by atoms with E-state index in [1.165, 1.54) is 27.2 Å². The van der Waals surface area contributed by atoms with E-state index in [9.17, 15) is 14.7 Å². The molecular formula is C34H30O9. The predicted octanol–water partition coefficient (Wildman–Crippen LogP) is 5.08. The molecule has 0 saturated heterocycles. The summed E-state index contributed by atoms with van der Waals surface area (Å²) in [5.74, 6) is 0.557. The standard InChI is InChI=1S/C34H30O9/c1-18(35)42-24-14-25-31-28(17-24)43-33(37)34(31,20-8-12-22(39-3)13-9-20)26-15-23(40-4)16-27(41-5)30(26)29(32(25)36)19-6-10-21(38-2)11-7-19/h6-17,29,32,36H,1-5H3/t29-,32-,34-/m1/s1. The van der Waals surface area contributed by atoms with Gasteiger partial charge < -0.3 is 33.5 Å². The highest BCUT2D eigenvalue weighted by atomic mass is 16.6. The number of aliphatic hydroxyl groups is 1. The molecule has 1 N–H and O–H groups in total. The summed E-state index contributed by atoms with van der Waals surface area (Å²) in [6, 6.07) is 21.1. The maximum Gasteiger partial charge on any atom is 0.331 e. The third-order valence-corrected chi connectivity index (χ3v) is 8.17. The molecule has 0 saturated carbocycles. The van der Waals surface area contributed by atoms with E-state index in [4.69, 9.17) is 28.4 Å². The number of hydrogen-bond acceptors (Lipinski definition) is 9. The van der Waals surface area contributed by atoms with Gasteiger partial charge in [-0.1, -0.05) is 24.3 Å². The molecule has 0 aromatic heterocycles. The molecule has 9 heteroatoms. The second-order valence-electron chi connectivity index (χ2n) is 10.3. The Morgan fingerprint density at radius 3 is 2.00 bits per heavy atom. The molecule has 0 radical (unpaired) electrons. The van der Waals surface area contributed by atoms with Crippen LogP contribution in [-0.4, -0.2) is 45.5 Å². The van der Waals surface area contributed by atoms with E-state index in [1.807, 2.05) is 12.1 Å². The SMILES string of the molecule is COc1ccc([C@@H]2c3c(OC)cc(OC)cc3[C@@]3(c4ccc(OC)cc4)C(=O)Oc4cc(OC(C)=O)cc(c43)[C@H]2O)cc1. The molecule has 4 aromatic carbocycles. The minimum Gasteiger partial charge on any atom is -0.497 e. The highest BCUT2D eigenvalue weighted by molar-refractivity contribution is 6.00.